The van der Waals surface area contributed by atoms with E-state index in [-0.39, 0.29) is 5.97 Å². The summed E-state index contributed by atoms with van der Waals surface area (Å²) in [5, 5.41) is 0. The second kappa shape index (κ2) is 14.6. The van der Waals surface area contributed by atoms with Gasteiger partial charge in [0.2, 0.25) is 0 Å². The van der Waals surface area contributed by atoms with Crippen molar-refractivity contribution in [3.63, 3.8) is 0 Å². The molecule has 20 heavy (non-hydrogen) atoms. The molecule has 0 bridgehead atoms. The van der Waals surface area contributed by atoms with E-state index in [1.807, 2.05) is 0 Å². The van der Waals surface area contributed by atoms with E-state index in [2.05, 4.69) is 30.7 Å². The van der Waals surface area contributed by atoms with Gasteiger partial charge in [-0.2, -0.15) is 0 Å². The zero-order chi connectivity index (χ0) is 15.1. The van der Waals surface area contributed by atoms with E-state index in [4.69, 9.17) is 0 Å². The van der Waals surface area contributed by atoms with Gasteiger partial charge in [-0.1, -0.05) is 58.1 Å². The fourth-order valence-corrected chi connectivity index (χ4v) is 2.18. The van der Waals surface area contributed by atoms with Gasteiger partial charge in [-0.15, -0.1) is 0 Å². The minimum atomic E-state index is -0.0852. The molecule has 118 valence electrons. The highest BCUT2D eigenvalue weighted by Crippen LogP contribution is 2.13. The van der Waals surface area contributed by atoms with Gasteiger partial charge >= 0.3 is 5.97 Å². The summed E-state index contributed by atoms with van der Waals surface area (Å²) in [6.07, 6.45) is 17.6. The summed E-state index contributed by atoms with van der Waals surface area (Å²) in [7, 11) is 1.45. The number of carbonyl (C=O) groups is 1. The third kappa shape index (κ3) is 13.6. The predicted molar refractivity (Wildman–Crippen MR) is 86.8 cm³/mol. The first kappa shape index (κ1) is 19.2. The lowest BCUT2D eigenvalue weighted by Gasteiger charge is -2.06. The first-order valence-electron chi connectivity index (χ1n) is 8.42. The lowest BCUT2D eigenvalue weighted by Crippen LogP contribution is -1.98. The van der Waals surface area contributed by atoms with Crippen molar-refractivity contribution < 1.29 is 9.53 Å². The second-order valence-electron chi connectivity index (χ2n) is 5.80. The van der Waals surface area contributed by atoms with E-state index in [1.54, 1.807) is 0 Å². The Balaban J connectivity index is 3.18. The Labute approximate surface area is 126 Å². The fraction of sp³-hybridized carbons (Fsp3) is 0.833. The molecule has 0 unspecified atom stereocenters. The van der Waals surface area contributed by atoms with Crippen molar-refractivity contribution in [1.29, 1.82) is 0 Å². The molecule has 0 heterocycles. The summed E-state index contributed by atoms with van der Waals surface area (Å²) in [6.45, 7) is 4.62. The highest BCUT2D eigenvalue weighted by molar-refractivity contribution is 5.68. The Hall–Kier alpha value is -0.790. The number of allylic oxidation sites excluding steroid dienone is 2. The molecule has 2 nitrogen and oxygen atoms in total. The molecule has 0 radical (unpaired) electrons. The van der Waals surface area contributed by atoms with E-state index >= 15 is 0 Å². The van der Waals surface area contributed by atoms with Crippen molar-refractivity contribution >= 4 is 5.97 Å². The quantitative estimate of drug-likeness (QED) is 0.247. The van der Waals surface area contributed by atoms with Gasteiger partial charge in [0.25, 0.3) is 0 Å². The molecule has 0 aromatic carbocycles. The first-order chi connectivity index (χ1) is 9.70. The molecule has 0 rings (SSSR count). The maximum atomic E-state index is 10.9. The van der Waals surface area contributed by atoms with Crippen LogP contribution >= 0.6 is 0 Å². The van der Waals surface area contributed by atoms with Crippen LogP contribution in [-0.4, -0.2) is 13.1 Å². The average molecular weight is 282 g/mol. The zero-order valence-corrected chi connectivity index (χ0v) is 13.8. The summed E-state index contributed by atoms with van der Waals surface area (Å²) in [5.41, 5.74) is 0. The van der Waals surface area contributed by atoms with Gasteiger partial charge in [0.1, 0.15) is 0 Å². The molecule has 0 aromatic rings. The van der Waals surface area contributed by atoms with E-state index in [9.17, 15) is 4.79 Å². The maximum absolute atomic E-state index is 10.9. The van der Waals surface area contributed by atoms with Crippen molar-refractivity contribution in [2.45, 2.75) is 84.5 Å². The zero-order valence-electron chi connectivity index (χ0n) is 13.8. The SMILES string of the molecule is CC[C@@H](C)CCCCC/C=C\CCCCCC(=O)OC. The van der Waals surface area contributed by atoms with Crippen molar-refractivity contribution in [1.82, 2.24) is 0 Å². The summed E-state index contributed by atoms with van der Waals surface area (Å²) < 4.78 is 4.61. The summed E-state index contributed by atoms with van der Waals surface area (Å²) in [5.74, 6) is 0.813. The van der Waals surface area contributed by atoms with Gasteiger partial charge in [0.05, 0.1) is 7.11 Å². The van der Waals surface area contributed by atoms with Crippen LogP contribution in [0.15, 0.2) is 12.2 Å². The Morgan fingerprint density at radius 2 is 1.60 bits per heavy atom. The molecular weight excluding hydrogens is 248 g/mol. The number of hydrogen-bond donors (Lipinski definition) is 0. The number of carbonyl (C=O) groups excluding carboxylic acids is 1. The molecule has 0 aromatic heterocycles. The fourth-order valence-electron chi connectivity index (χ4n) is 2.18. The summed E-state index contributed by atoms with van der Waals surface area (Å²) in [6, 6.07) is 0. The minimum absolute atomic E-state index is 0.0852. The van der Waals surface area contributed by atoms with Crippen LogP contribution in [0.1, 0.15) is 84.5 Å². The molecule has 0 aliphatic rings. The van der Waals surface area contributed by atoms with Crippen LogP contribution in [0.3, 0.4) is 0 Å². The molecule has 0 saturated heterocycles. The number of esters is 1. The molecule has 0 aliphatic carbocycles. The van der Waals surface area contributed by atoms with Crippen LogP contribution in [0, 0.1) is 5.92 Å². The van der Waals surface area contributed by atoms with E-state index < -0.39 is 0 Å². The summed E-state index contributed by atoms with van der Waals surface area (Å²) >= 11 is 0. The molecule has 0 amide bonds. The van der Waals surface area contributed by atoms with Crippen LogP contribution < -0.4 is 0 Å². The summed E-state index contributed by atoms with van der Waals surface area (Å²) in [4.78, 5) is 10.9. The van der Waals surface area contributed by atoms with Crippen LogP contribution in [-0.2, 0) is 9.53 Å². The molecular formula is C18H34O2. The lowest BCUT2D eigenvalue weighted by molar-refractivity contribution is -0.140. The Morgan fingerprint density at radius 3 is 2.15 bits per heavy atom. The highest BCUT2D eigenvalue weighted by atomic mass is 16.5. The van der Waals surface area contributed by atoms with Crippen LogP contribution in [0.25, 0.3) is 0 Å². The third-order valence-corrected chi connectivity index (χ3v) is 3.91. The van der Waals surface area contributed by atoms with Crippen molar-refractivity contribution in [2.24, 2.45) is 5.92 Å². The monoisotopic (exact) mass is 282 g/mol. The number of unbranched alkanes of at least 4 members (excludes halogenated alkanes) is 6. The van der Waals surface area contributed by atoms with Gasteiger partial charge < -0.3 is 4.74 Å². The third-order valence-electron chi connectivity index (χ3n) is 3.91. The van der Waals surface area contributed by atoms with Crippen molar-refractivity contribution in [3.05, 3.63) is 12.2 Å². The Morgan fingerprint density at radius 1 is 1.00 bits per heavy atom. The second-order valence-corrected chi connectivity index (χ2v) is 5.80. The Kier molecular flexibility index (Phi) is 14.0. The first-order valence-corrected chi connectivity index (χ1v) is 8.42. The molecule has 0 fully saturated rings. The van der Waals surface area contributed by atoms with Gasteiger partial charge in [0, 0.05) is 6.42 Å². The lowest BCUT2D eigenvalue weighted by atomic mass is 10.0. The van der Waals surface area contributed by atoms with Crippen LogP contribution in [0.4, 0.5) is 0 Å². The van der Waals surface area contributed by atoms with E-state index in [0.717, 1.165) is 25.2 Å². The molecule has 1 atom stereocenters. The van der Waals surface area contributed by atoms with E-state index in [1.165, 1.54) is 52.1 Å². The highest BCUT2D eigenvalue weighted by Gasteiger charge is 1.98. The molecule has 0 aliphatic heterocycles. The molecule has 0 spiro atoms. The average Bonchev–Trinajstić information content (AvgIpc) is 2.47. The predicted octanol–water partition coefficient (Wildman–Crippen LogP) is 5.66. The normalized spacial score (nSPS) is 12.8. The van der Waals surface area contributed by atoms with Gasteiger partial charge in [0.15, 0.2) is 0 Å². The molecule has 0 N–H and O–H groups in total. The van der Waals surface area contributed by atoms with Crippen molar-refractivity contribution in [3.8, 4) is 0 Å². The van der Waals surface area contributed by atoms with Gasteiger partial charge in [-0.25, -0.2) is 0 Å². The largest absolute Gasteiger partial charge is 0.469 e. The number of methoxy groups -OCH3 is 1. The van der Waals surface area contributed by atoms with Crippen molar-refractivity contribution in [2.75, 3.05) is 7.11 Å². The number of rotatable bonds is 13. The smallest absolute Gasteiger partial charge is 0.305 e. The van der Waals surface area contributed by atoms with Crippen LogP contribution in [0.5, 0.6) is 0 Å². The number of hydrogen-bond acceptors (Lipinski definition) is 2. The Bertz CT molecular complexity index is 246. The number of ether oxygens (including phenoxy) is 1. The van der Waals surface area contributed by atoms with Gasteiger partial charge in [-0.3, -0.25) is 4.79 Å². The van der Waals surface area contributed by atoms with Crippen LogP contribution in [0.2, 0.25) is 0 Å². The topological polar surface area (TPSA) is 26.3 Å². The van der Waals surface area contributed by atoms with E-state index in [0.29, 0.717) is 6.42 Å². The standard InChI is InChI=1S/C18H34O2/c1-4-17(2)15-13-11-9-7-5-6-8-10-12-14-16-18(19)20-3/h5-6,17H,4,7-16H2,1-3H3/b6-5-/t17-/m1/s1. The maximum Gasteiger partial charge on any atom is 0.305 e. The van der Waals surface area contributed by atoms with Gasteiger partial charge in [-0.05, 0) is 38.0 Å². The minimum Gasteiger partial charge on any atom is -0.469 e. The molecule has 0 saturated carbocycles. The molecule has 2 heteroatoms.